The number of ether oxygens (including phenoxy) is 1. The topological polar surface area (TPSA) is 12.5 Å². The molecule has 0 bridgehead atoms. The first kappa shape index (κ1) is 12.0. The highest BCUT2D eigenvalue weighted by atomic mass is 35.5. The second kappa shape index (κ2) is 4.23. The van der Waals surface area contributed by atoms with Crippen molar-refractivity contribution in [2.45, 2.75) is 12.0 Å². The summed E-state index contributed by atoms with van der Waals surface area (Å²) in [6.07, 6.45) is -1.33. The lowest BCUT2D eigenvalue weighted by Gasteiger charge is -2.12. The van der Waals surface area contributed by atoms with E-state index in [2.05, 4.69) is 0 Å². The molecule has 92 valence electrons. The van der Waals surface area contributed by atoms with E-state index in [9.17, 15) is 4.39 Å². The number of benzene rings is 2. The van der Waals surface area contributed by atoms with Crippen LogP contribution in [0.1, 0.15) is 11.1 Å². The van der Waals surface area contributed by atoms with Gasteiger partial charge < -0.3 is 4.74 Å². The van der Waals surface area contributed by atoms with Crippen LogP contribution in [0, 0.1) is 0 Å². The molecule has 0 aromatic heterocycles. The lowest BCUT2D eigenvalue weighted by molar-refractivity contribution is 0.255. The van der Waals surface area contributed by atoms with Gasteiger partial charge in [-0.15, -0.1) is 0 Å². The highest BCUT2D eigenvalue weighted by Gasteiger charge is 2.60. The van der Waals surface area contributed by atoms with Crippen LogP contribution in [0.3, 0.4) is 0 Å². The van der Waals surface area contributed by atoms with E-state index in [1.807, 2.05) is 0 Å². The molecule has 4 heteroatoms. The van der Waals surface area contributed by atoms with Crippen molar-refractivity contribution in [3.8, 4) is 0 Å². The summed E-state index contributed by atoms with van der Waals surface area (Å²) in [5, 5.41) is 1.22. The van der Waals surface area contributed by atoms with Crippen LogP contribution in [-0.2, 0) is 10.3 Å². The van der Waals surface area contributed by atoms with Gasteiger partial charge in [-0.2, -0.15) is 0 Å². The van der Waals surface area contributed by atoms with Gasteiger partial charge in [0.15, 0.2) is 5.60 Å². The Morgan fingerprint density at radius 1 is 0.833 bits per heavy atom. The average molecular weight is 283 g/mol. The van der Waals surface area contributed by atoms with Crippen molar-refractivity contribution in [1.29, 1.82) is 0 Å². The number of epoxide rings is 1. The van der Waals surface area contributed by atoms with Crippen LogP contribution in [0.25, 0.3) is 0 Å². The number of alkyl halides is 1. The first-order valence-electron chi connectivity index (χ1n) is 5.47. The maximum absolute atomic E-state index is 13.7. The van der Waals surface area contributed by atoms with Crippen molar-refractivity contribution >= 4 is 23.2 Å². The van der Waals surface area contributed by atoms with Crippen LogP contribution in [0.2, 0.25) is 10.0 Å². The van der Waals surface area contributed by atoms with Gasteiger partial charge in [0.05, 0.1) is 0 Å². The minimum atomic E-state index is -1.33. The predicted molar refractivity (Wildman–Crippen MR) is 69.7 cm³/mol. The lowest BCUT2D eigenvalue weighted by atomic mass is 9.91. The molecule has 0 spiro atoms. The Kier molecular flexibility index (Phi) is 2.81. The van der Waals surface area contributed by atoms with Crippen molar-refractivity contribution < 1.29 is 9.13 Å². The van der Waals surface area contributed by atoms with E-state index in [0.717, 1.165) is 11.1 Å². The Balaban J connectivity index is 2.06. The summed E-state index contributed by atoms with van der Waals surface area (Å²) in [7, 11) is 0. The fourth-order valence-electron chi connectivity index (χ4n) is 2.09. The fraction of sp³-hybridized carbons (Fsp3) is 0.143. The van der Waals surface area contributed by atoms with Gasteiger partial charge in [-0.1, -0.05) is 47.5 Å². The van der Waals surface area contributed by atoms with E-state index in [-0.39, 0.29) is 0 Å². The van der Waals surface area contributed by atoms with Gasteiger partial charge in [0.1, 0.15) is 0 Å². The van der Waals surface area contributed by atoms with Crippen molar-refractivity contribution in [1.82, 2.24) is 0 Å². The number of halogens is 3. The summed E-state index contributed by atoms with van der Waals surface area (Å²) < 4.78 is 18.9. The molecule has 2 aromatic rings. The molecule has 1 aliphatic heterocycles. The maximum Gasteiger partial charge on any atom is 0.238 e. The third-order valence-corrected chi connectivity index (χ3v) is 3.60. The summed E-state index contributed by atoms with van der Waals surface area (Å²) in [5.74, 6) is 0. The van der Waals surface area contributed by atoms with Gasteiger partial charge in [-0.25, -0.2) is 4.39 Å². The van der Waals surface area contributed by atoms with Crippen LogP contribution in [0.5, 0.6) is 0 Å². The Bertz CT molecular complexity index is 520. The van der Waals surface area contributed by atoms with E-state index in [0.29, 0.717) is 10.0 Å². The summed E-state index contributed by atoms with van der Waals surface area (Å²) >= 11 is 11.7. The molecular weight excluding hydrogens is 274 g/mol. The van der Waals surface area contributed by atoms with Crippen LogP contribution >= 0.6 is 23.2 Å². The van der Waals surface area contributed by atoms with Gasteiger partial charge in [-0.05, 0) is 35.4 Å². The third-order valence-electron chi connectivity index (χ3n) is 3.10. The van der Waals surface area contributed by atoms with Gasteiger partial charge in [0, 0.05) is 10.0 Å². The first-order valence-corrected chi connectivity index (χ1v) is 6.22. The minimum absolute atomic E-state index is 0.612. The molecule has 2 aromatic carbocycles. The molecule has 0 saturated carbocycles. The summed E-state index contributed by atoms with van der Waals surface area (Å²) in [6, 6.07) is 14.0. The van der Waals surface area contributed by atoms with E-state index in [1.165, 1.54) is 0 Å². The summed E-state index contributed by atoms with van der Waals surface area (Å²) in [4.78, 5) is 0. The molecule has 1 atom stereocenters. The molecule has 1 fully saturated rings. The Hall–Kier alpha value is -1.09. The highest BCUT2D eigenvalue weighted by molar-refractivity contribution is 6.30. The van der Waals surface area contributed by atoms with Crippen molar-refractivity contribution in [3.63, 3.8) is 0 Å². The lowest BCUT2D eigenvalue weighted by Crippen LogP contribution is -2.12. The SMILES string of the molecule is FC1OC1(c1ccc(Cl)cc1)c1ccc(Cl)cc1. The quantitative estimate of drug-likeness (QED) is 0.736. The third kappa shape index (κ3) is 1.81. The molecule has 1 heterocycles. The second-order valence-corrected chi connectivity index (χ2v) is 5.06. The first-order chi connectivity index (χ1) is 8.63. The van der Waals surface area contributed by atoms with Crippen LogP contribution in [0.4, 0.5) is 4.39 Å². The zero-order valence-electron chi connectivity index (χ0n) is 9.24. The smallest absolute Gasteiger partial charge is 0.238 e. The van der Waals surface area contributed by atoms with Crippen LogP contribution in [0.15, 0.2) is 48.5 Å². The highest BCUT2D eigenvalue weighted by Crippen LogP contribution is 2.52. The van der Waals surface area contributed by atoms with E-state index in [4.69, 9.17) is 27.9 Å². The van der Waals surface area contributed by atoms with Gasteiger partial charge in [0.25, 0.3) is 0 Å². The molecule has 0 amide bonds. The molecule has 0 N–H and O–H groups in total. The van der Waals surface area contributed by atoms with E-state index in [1.54, 1.807) is 48.5 Å². The largest absolute Gasteiger partial charge is 0.323 e. The molecule has 1 aliphatic rings. The van der Waals surface area contributed by atoms with Crippen molar-refractivity contribution in [2.24, 2.45) is 0 Å². The Labute approximate surface area is 114 Å². The van der Waals surface area contributed by atoms with Gasteiger partial charge in [0.2, 0.25) is 6.36 Å². The number of rotatable bonds is 2. The summed E-state index contributed by atoms with van der Waals surface area (Å²) in [5.41, 5.74) is 0.498. The molecule has 0 aliphatic carbocycles. The van der Waals surface area contributed by atoms with Gasteiger partial charge >= 0.3 is 0 Å². The maximum atomic E-state index is 13.7. The number of hydrogen-bond donors (Lipinski definition) is 0. The van der Waals surface area contributed by atoms with Crippen LogP contribution < -0.4 is 0 Å². The molecule has 18 heavy (non-hydrogen) atoms. The monoisotopic (exact) mass is 282 g/mol. The molecule has 0 radical (unpaired) electrons. The normalized spacial score (nSPS) is 20.7. The standard InChI is InChI=1S/C14H9Cl2FO/c15-11-5-1-9(2-6-11)14(13(17)18-14)10-3-7-12(16)8-4-10/h1-8,13H. The van der Waals surface area contributed by atoms with Gasteiger partial charge in [-0.3, -0.25) is 0 Å². The molecule has 1 saturated heterocycles. The van der Waals surface area contributed by atoms with Crippen LogP contribution in [-0.4, -0.2) is 6.36 Å². The Morgan fingerprint density at radius 2 is 1.17 bits per heavy atom. The Morgan fingerprint density at radius 3 is 1.44 bits per heavy atom. The van der Waals surface area contributed by atoms with Crippen molar-refractivity contribution in [2.75, 3.05) is 0 Å². The molecular formula is C14H9Cl2FO. The number of hydrogen-bond acceptors (Lipinski definition) is 1. The summed E-state index contributed by atoms with van der Waals surface area (Å²) in [6.45, 7) is 0. The average Bonchev–Trinajstić information content (AvgIpc) is 3.04. The second-order valence-electron chi connectivity index (χ2n) is 4.18. The zero-order chi connectivity index (χ0) is 12.8. The van der Waals surface area contributed by atoms with E-state index >= 15 is 0 Å². The van der Waals surface area contributed by atoms with Crippen molar-refractivity contribution in [3.05, 3.63) is 69.7 Å². The molecule has 1 unspecified atom stereocenters. The molecule has 3 rings (SSSR count). The molecule has 1 nitrogen and oxygen atoms in total. The zero-order valence-corrected chi connectivity index (χ0v) is 10.8. The van der Waals surface area contributed by atoms with E-state index < -0.39 is 12.0 Å². The predicted octanol–water partition coefficient (Wildman–Crippen LogP) is 4.56. The minimum Gasteiger partial charge on any atom is -0.323 e. The fourth-order valence-corrected chi connectivity index (χ4v) is 2.34.